The Kier molecular flexibility index (Phi) is 6.39. The number of nitrogens with one attached hydrogen (secondary N) is 2. The molecule has 7 nitrogen and oxygen atoms in total. The molecule has 0 saturated heterocycles. The number of carbonyl (C=O) groups is 1. The molecule has 1 aromatic rings. The molecule has 0 saturated carbocycles. The molecule has 0 spiro atoms. The quantitative estimate of drug-likeness (QED) is 0.643. The molecule has 0 aliphatic carbocycles. The van der Waals surface area contributed by atoms with E-state index in [0.717, 1.165) is 0 Å². The van der Waals surface area contributed by atoms with E-state index in [1.807, 2.05) is 0 Å². The Morgan fingerprint density at radius 2 is 2.25 bits per heavy atom. The van der Waals surface area contributed by atoms with Crippen LogP contribution in [-0.4, -0.2) is 53.9 Å². The summed E-state index contributed by atoms with van der Waals surface area (Å²) >= 11 is 0. The van der Waals surface area contributed by atoms with E-state index in [1.54, 1.807) is 12.4 Å². The minimum atomic E-state index is -4.42. The summed E-state index contributed by atoms with van der Waals surface area (Å²) in [6.07, 6.45) is -2.93. The Hall–Kier alpha value is -1.68. The van der Waals surface area contributed by atoms with Crippen molar-refractivity contribution < 1.29 is 22.7 Å². The summed E-state index contributed by atoms with van der Waals surface area (Å²) in [5, 5.41) is 12.2. The predicted octanol–water partition coefficient (Wildman–Crippen LogP) is -0.307. The summed E-state index contributed by atoms with van der Waals surface area (Å²) in [6.45, 7) is -0.0376. The van der Waals surface area contributed by atoms with E-state index in [4.69, 9.17) is 4.74 Å². The molecular weight excluding hydrogens is 279 g/mol. The number of rotatable bonds is 8. The second-order valence-electron chi connectivity index (χ2n) is 3.97. The summed E-state index contributed by atoms with van der Waals surface area (Å²) in [7, 11) is 1.58. The van der Waals surface area contributed by atoms with Gasteiger partial charge < -0.3 is 15.4 Å². The molecule has 0 atom stereocenters. The van der Waals surface area contributed by atoms with Crippen molar-refractivity contribution in [2.75, 3.05) is 26.8 Å². The van der Waals surface area contributed by atoms with Gasteiger partial charge in [0.25, 0.3) is 0 Å². The molecule has 0 unspecified atom stereocenters. The summed E-state index contributed by atoms with van der Waals surface area (Å²) in [5.74, 6) is -0.772. The van der Waals surface area contributed by atoms with Gasteiger partial charge in [0.2, 0.25) is 5.91 Å². The maximum Gasteiger partial charge on any atom is 0.405 e. The lowest BCUT2D eigenvalue weighted by molar-refractivity contribution is -0.138. The van der Waals surface area contributed by atoms with Crippen LogP contribution in [0.3, 0.4) is 0 Å². The van der Waals surface area contributed by atoms with E-state index in [0.29, 0.717) is 25.4 Å². The van der Waals surface area contributed by atoms with Gasteiger partial charge in [0, 0.05) is 20.2 Å². The van der Waals surface area contributed by atoms with Crippen molar-refractivity contribution in [1.82, 2.24) is 25.6 Å². The van der Waals surface area contributed by atoms with Crippen molar-refractivity contribution in [3.63, 3.8) is 0 Å². The number of nitrogens with zero attached hydrogens (tertiary/aromatic N) is 3. The SMILES string of the molecule is COCCNCc1cn(CC(=O)NCC(F)(F)F)nn1. The average Bonchev–Trinajstić information content (AvgIpc) is 2.79. The highest BCUT2D eigenvalue weighted by Crippen LogP contribution is 2.11. The Morgan fingerprint density at radius 1 is 1.50 bits per heavy atom. The van der Waals surface area contributed by atoms with E-state index in [9.17, 15) is 18.0 Å². The molecule has 0 aliphatic heterocycles. The number of hydrogen-bond acceptors (Lipinski definition) is 5. The van der Waals surface area contributed by atoms with Crippen LogP contribution in [0.15, 0.2) is 6.20 Å². The van der Waals surface area contributed by atoms with E-state index in [2.05, 4.69) is 15.6 Å². The van der Waals surface area contributed by atoms with Crippen LogP contribution in [0.4, 0.5) is 13.2 Å². The van der Waals surface area contributed by atoms with Crippen molar-refractivity contribution >= 4 is 5.91 Å². The van der Waals surface area contributed by atoms with Gasteiger partial charge in [-0.2, -0.15) is 13.2 Å². The van der Waals surface area contributed by atoms with Gasteiger partial charge >= 0.3 is 6.18 Å². The van der Waals surface area contributed by atoms with Crippen LogP contribution < -0.4 is 10.6 Å². The third kappa shape index (κ3) is 7.04. The number of ether oxygens (including phenoxy) is 1. The number of carbonyl (C=O) groups excluding carboxylic acids is 1. The highest BCUT2D eigenvalue weighted by Gasteiger charge is 2.27. The van der Waals surface area contributed by atoms with Crippen molar-refractivity contribution in [2.45, 2.75) is 19.3 Å². The normalized spacial score (nSPS) is 11.6. The smallest absolute Gasteiger partial charge is 0.383 e. The number of hydrogen-bond donors (Lipinski definition) is 2. The monoisotopic (exact) mass is 295 g/mol. The van der Waals surface area contributed by atoms with Crippen LogP contribution in [0.25, 0.3) is 0 Å². The predicted molar refractivity (Wildman–Crippen MR) is 62.7 cm³/mol. The molecular formula is C10H16F3N5O2. The third-order valence-electron chi connectivity index (χ3n) is 2.17. The number of methoxy groups -OCH3 is 1. The highest BCUT2D eigenvalue weighted by atomic mass is 19.4. The molecule has 2 N–H and O–H groups in total. The Labute approximate surface area is 113 Å². The first-order valence-corrected chi connectivity index (χ1v) is 5.83. The first kappa shape index (κ1) is 16.4. The van der Waals surface area contributed by atoms with Crippen LogP contribution >= 0.6 is 0 Å². The Bertz CT molecular complexity index is 421. The second-order valence-corrected chi connectivity index (χ2v) is 3.97. The van der Waals surface area contributed by atoms with Crippen LogP contribution in [0.1, 0.15) is 5.69 Å². The zero-order valence-electron chi connectivity index (χ0n) is 10.9. The van der Waals surface area contributed by atoms with Crippen LogP contribution in [0.5, 0.6) is 0 Å². The number of halogens is 3. The number of alkyl halides is 3. The standard InChI is InChI=1S/C10H16F3N5O2/c1-20-3-2-14-4-8-5-18(17-16-8)6-9(19)15-7-10(11,12)13/h5,14H,2-4,6-7H2,1H3,(H,15,19). The van der Waals surface area contributed by atoms with Crippen molar-refractivity contribution in [3.8, 4) is 0 Å². The third-order valence-corrected chi connectivity index (χ3v) is 2.17. The molecule has 10 heteroatoms. The van der Waals surface area contributed by atoms with Gasteiger partial charge in [-0.1, -0.05) is 5.21 Å². The van der Waals surface area contributed by atoms with Gasteiger partial charge in [-0.3, -0.25) is 4.79 Å². The lowest BCUT2D eigenvalue weighted by Crippen LogP contribution is -2.35. The Balaban J connectivity index is 2.30. The highest BCUT2D eigenvalue weighted by molar-refractivity contribution is 5.75. The number of amides is 1. The maximum absolute atomic E-state index is 11.9. The fourth-order valence-corrected chi connectivity index (χ4v) is 1.29. The number of aromatic nitrogens is 3. The van der Waals surface area contributed by atoms with Gasteiger partial charge in [-0.05, 0) is 0 Å². The van der Waals surface area contributed by atoms with Gasteiger partial charge in [0.1, 0.15) is 13.1 Å². The van der Waals surface area contributed by atoms with E-state index >= 15 is 0 Å². The summed E-state index contributed by atoms with van der Waals surface area (Å²) in [5.41, 5.74) is 0.588. The largest absolute Gasteiger partial charge is 0.405 e. The molecule has 1 amide bonds. The molecule has 1 aromatic heterocycles. The molecule has 1 rings (SSSR count). The fourth-order valence-electron chi connectivity index (χ4n) is 1.29. The van der Waals surface area contributed by atoms with E-state index < -0.39 is 18.6 Å². The summed E-state index contributed by atoms with van der Waals surface area (Å²) in [4.78, 5) is 11.2. The summed E-state index contributed by atoms with van der Waals surface area (Å²) in [6, 6.07) is 0. The van der Waals surface area contributed by atoms with Crippen LogP contribution in [0, 0.1) is 0 Å². The van der Waals surface area contributed by atoms with E-state index in [-0.39, 0.29) is 6.54 Å². The molecule has 0 aliphatic rings. The zero-order valence-corrected chi connectivity index (χ0v) is 10.9. The van der Waals surface area contributed by atoms with Gasteiger partial charge in [-0.15, -0.1) is 5.10 Å². The topological polar surface area (TPSA) is 81.1 Å². The molecule has 0 aromatic carbocycles. The minimum absolute atomic E-state index is 0.304. The Morgan fingerprint density at radius 3 is 2.90 bits per heavy atom. The van der Waals surface area contributed by atoms with Crippen molar-refractivity contribution in [1.29, 1.82) is 0 Å². The second kappa shape index (κ2) is 7.80. The lowest BCUT2D eigenvalue weighted by atomic mass is 10.4. The zero-order chi connectivity index (χ0) is 15.0. The average molecular weight is 295 g/mol. The lowest BCUT2D eigenvalue weighted by Gasteiger charge is -2.07. The summed E-state index contributed by atoms with van der Waals surface area (Å²) < 4.78 is 41.7. The maximum atomic E-state index is 11.9. The van der Waals surface area contributed by atoms with Gasteiger partial charge in [0.15, 0.2) is 0 Å². The first-order valence-electron chi connectivity index (χ1n) is 5.83. The van der Waals surface area contributed by atoms with Crippen molar-refractivity contribution in [3.05, 3.63) is 11.9 Å². The van der Waals surface area contributed by atoms with Crippen LogP contribution in [0.2, 0.25) is 0 Å². The van der Waals surface area contributed by atoms with Gasteiger partial charge in [0.05, 0.1) is 18.5 Å². The van der Waals surface area contributed by atoms with Crippen LogP contribution in [-0.2, 0) is 22.6 Å². The van der Waals surface area contributed by atoms with E-state index in [1.165, 1.54) is 10.9 Å². The minimum Gasteiger partial charge on any atom is -0.383 e. The molecule has 0 fully saturated rings. The molecule has 20 heavy (non-hydrogen) atoms. The molecule has 0 bridgehead atoms. The molecule has 1 heterocycles. The fraction of sp³-hybridized carbons (Fsp3) is 0.700. The van der Waals surface area contributed by atoms with Crippen molar-refractivity contribution in [2.24, 2.45) is 0 Å². The molecule has 114 valence electrons. The molecule has 0 radical (unpaired) electrons. The first-order chi connectivity index (χ1) is 9.40. The van der Waals surface area contributed by atoms with Gasteiger partial charge in [-0.25, -0.2) is 4.68 Å².